The highest BCUT2D eigenvalue weighted by Crippen LogP contribution is 2.31. The van der Waals surface area contributed by atoms with E-state index in [2.05, 4.69) is 4.57 Å². The van der Waals surface area contributed by atoms with Gasteiger partial charge in [0, 0.05) is 43.6 Å². The van der Waals surface area contributed by atoms with Gasteiger partial charge < -0.3 is 14.6 Å². The molecule has 1 aliphatic rings. The second-order valence-electron chi connectivity index (χ2n) is 7.94. The number of fused-ring (bicyclic) bond motifs is 1. The van der Waals surface area contributed by atoms with Crippen LogP contribution in [0, 0.1) is 11.8 Å². The fraction of sp³-hybridized carbons (Fsp3) is 0.348. The van der Waals surface area contributed by atoms with Crippen LogP contribution in [0.15, 0.2) is 48.5 Å². The smallest absolute Gasteiger partial charge is 0.303 e. The van der Waals surface area contributed by atoms with Crippen molar-refractivity contribution >= 4 is 34.5 Å². The summed E-state index contributed by atoms with van der Waals surface area (Å²) in [6.07, 6.45) is 1.41. The average molecular weight is 426 g/mol. The lowest BCUT2D eigenvalue weighted by atomic mass is 9.80. The molecule has 3 aromatic rings. The van der Waals surface area contributed by atoms with Gasteiger partial charge in [0.2, 0.25) is 0 Å². The predicted molar refractivity (Wildman–Crippen MR) is 116 cm³/mol. The number of carboxylic acids is 1. The number of hydrogen-bond acceptors (Lipinski definition) is 3. The molecule has 2 heterocycles. The van der Waals surface area contributed by atoms with Crippen molar-refractivity contribution in [2.24, 2.45) is 18.9 Å². The molecular weight excluding hydrogens is 402 g/mol. The molecule has 7 heteroatoms. The summed E-state index contributed by atoms with van der Waals surface area (Å²) in [6, 6.07) is 14.8. The number of para-hydroxylation sites is 2. The molecule has 1 amide bonds. The number of amides is 1. The number of benzene rings is 2. The van der Waals surface area contributed by atoms with Crippen LogP contribution in [0.2, 0.25) is 5.02 Å². The number of rotatable bonds is 5. The molecule has 0 unspecified atom stereocenters. The maximum Gasteiger partial charge on any atom is 0.303 e. The molecule has 2 atom stereocenters. The fourth-order valence-corrected chi connectivity index (χ4v) is 4.50. The zero-order chi connectivity index (χ0) is 21.3. The van der Waals surface area contributed by atoms with E-state index in [1.165, 1.54) is 0 Å². The molecule has 0 saturated carbocycles. The number of halogens is 1. The van der Waals surface area contributed by atoms with Gasteiger partial charge in [0.05, 0.1) is 11.0 Å². The molecule has 0 spiro atoms. The Morgan fingerprint density at radius 3 is 2.57 bits per heavy atom. The van der Waals surface area contributed by atoms with E-state index in [0.717, 1.165) is 16.9 Å². The van der Waals surface area contributed by atoms with E-state index in [9.17, 15) is 14.7 Å². The SMILES string of the molecule is Cn1c(C[C@H]2CN(C(=O)c3ccc(Cl)cc3)CC[C@H]2CC(=O)O)nc2ccccc21. The van der Waals surface area contributed by atoms with E-state index in [-0.39, 0.29) is 24.2 Å². The number of aryl methyl sites for hydroxylation is 1. The second-order valence-corrected chi connectivity index (χ2v) is 8.38. The minimum atomic E-state index is -0.799. The monoisotopic (exact) mass is 425 g/mol. The lowest BCUT2D eigenvalue weighted by molar-refractivity contribution is -0.139. The van der Waals surface area contributed by atoms with Gasteiger partial charge in [-0.05, 0) is 54.7 Å². The fourth-order valence-electron chi connectivity index (χ4n) is 4.38. The van der Waals surface area contributed by atoms with E-state index in [4.69, 9.17) is 16.6 Å². The van der Waals surface area contributed by atoms with Gasteiger partial charge >= 0.3 is 5.97 Å². The quantitative estimate of drug-likeness (QED) is 0.669. The first kappa shape index (κ1) is 20.4. The molecule has 0 bridgehead atoms. The van der Waals surface area contributed by atoms with Gasteiger partial charge in [-0.3, -0.25) is 9.59 Å². The molecule has 1 N–H and O–H groups in total. The lowest BCUT2D eigenvalue weighted by Crippen LogP contribution is -2.45. The maximum absolute atomic E-state index is 13.0. The Morgan fingerprint density at radius 2 is 1.87 bits per heavy atom. The van der Waals surface area contributed by atoms with Crippen molar-refractivity contribution in [3.8, 4) is 0 Å². The zero-order valence-electron chi connectivity index (χ0n) is 16.8. The first-order valence-electron chi connectivity index (χ1n) is 10.1. The van der Waals surface area contributed by atoms with Gasteiger partial charge in [-0.25, -0.2) is 4.98 Å². The van der Waals surface area contributed by atoms with Crippen molar-refractivity contribution in [2.45, 2.75) is 19.3 Å². The number of nitrogens with zero attached hydrogens (tertiary/aromatic N) is 3. The highest BCUT2D eigenvalue weighted by Gasteiger charge is 2.34. The van der Waals surface area contributed by atoms with Crippen LogP contribution in [0.4, 0.5) is 0 Å². The third-order valence-corrected chi connectivity index (χ3v) is 6.28. The summed E-state index contributed by atoms with van der Waals surface area (Å²) < 4.78 is 2.06. The highest BCUT2D eigenvalue weighted by atomic mass is 35.5. The summed E-state index contributed by atoms with van der Waals surface area (Å²) in [5.74, 6) is 0.110. The molecule has 4 rings (SSSR count). The van der Waals surface area contributed by atoms with Crippen LogP contribution in [0.1, 0.15) is 29.0 Å². The van der Waals surface area contributed by atoms with Crippen molar-refractivity contribution in [1.82, 2.24) is 14.5 Å². The van der Waals surface area contributed by atoms with Crippen LogP contribution >= 0.6 is 11.6 Å². The third-order valence-electron chi connectivity index (χ3n) is 6.03. The molecule has 1 saturated heterocycles. The number of piperidine rings is 1. The molecule has 6 nitrogen and oxygen atoms in total. The van der Waals surface area contributed by atoms with E-state index in [1.54, 1.807) is 24.3 Å². The number of aliphatic carboxylic acids is 1. The van der Waals surface area contributed by atoms with Crippen LogP contribution in [0.25, 0.3) is 11.0 Å². The van der Waals surface area contributed by atoms with Gasteiger partial charge in [0.15, 0.2) is 0 Å². The first-order chi connectivity index (χ1) is 14.4. The van der Waals surface area contributed by atoms with Crippen LogP contribution in [-0.4, -0.2) is 44.5 Å². The normalized spacial score (nSPS) is 19.2. The summed E-state index contributed by atoms with van der Waals surface area (Å²) in [5.41, 5.74) is 2.57. The molecule has 2 aromatic carbocycles. The van der Waals surface area contributed by atoms with Gasteiger partial charge in [-0.1, -0.05) is 23.7 Å². The predicted octanol–water partition coefficient (Wildman–Crippen LogP) is 4.02. The number of carbonyl (C=O) groups excluding carboxylic acids is 1. The van der Waals surface area contributed by atoms with E-state index >= 15 is 0 Å². The number of carboxylic acid groups (broad SMARTS) is 1. The largest absolute Gasteiger partial charge is 0.481 e. The number of aromatic nitrogens is 2. The summed E-state index contributed by atoms with van der Waals surface area (Å²) in [5, 5.41) is 9.97. The summed E-state index contributed by atoms with van der Waals surface area (Å²) >= 11 is 5.94. The molecule has 30 heavy (non-hydrogen) atoms. The third kappa shape index (κ3) is 4.19. The van der Waals surface area contributed by atoms with Crippen LogP contribution < -0.4 is 0 Å². The van der Waals surface area contributed by atoms with Crippen molar-refractivity contribution in [3.63, 3.8) is 0 Å². The molecule has 1 aromatic heterocycles. The minimum Gasteiger partial charge on any atom is -0.481 e. The van der Waals surface area contributed by atoms with Gasteiger partial charge in [-0.15, -0.1) is 0 Å². The molecule has 156 valence electrons. The minimum absolute atomic E-state index is 0.0107. The second kappa shape index (κ2) is 8.48. The molecular formula is C23H24ClN3O3. The molecule has 1 fully saturated rings. The zero-order valence-corrected chi connectivity index (χ0v) is 17.5. The Labute approximate surface area is 180 Å². The van der Waals surface area contributed by atoms with Crippen LogP contribution in [0.3, 0.4) is 0 Å². The first-order valence-corrected chi connectivity index (χ1v) is 10.5. The summed E-state index contributed by atoms with van der Waals surface area (Å²) in [4.78, 5) is 31.0. The van der Waals surface area contributed by atoms with Crippen molar-refractivity contribution in [1.29, 1.82) is 0 Å². The molecule has 0 radical (unpaired) electrons. The Kier molecular flexibility index (Phi) is 5.77. The number of likely N-dealkylation sites (tertiary alicyclic amines) is 1. The molecule has 1 aliphatic heterocycles. The van der Waals surface area contributed by atoms with E-state index in [1.807, 2.05) is 36.2 Å². The van der Waals surface area contributed by atoms with Crippen molar-refractivity contribution in [3.05, 3.63) is 64.9 Å². The Morgan fingerprint density at radius 1 is 1.13 bits per heavy atom. The van der Waals surface area contributed by atoms with E-state index in [0.29, 0.717) is 36.5 Å². The van der Waals surface area contributed by atoms with E-state index < -0.39 is 5.97 Å². The maximum atomic E-state index is 13.0. The van der Waals surface area contributed by atoms with Gasteiger partial charge in [0.25, 0.3) is 5.91 Å². The Balaban J connectivity index is 1.57. The topological polar surface area (TPSA) is 75.4 Å². The Hall–Kier alpha value is -2.86. The van der Waals surface area contributed by atoms with Crippen molar-refractivity contribution in [2.75, 3.05) is 13.1 Å². The standard InChI is InChI=1S/C23H24ClN3O3/c1-26-20-5-3-2-4-19(20)25-21(26)12-17-14-27(11-10-16(17)13-22(28)29)23(30)15-6-8-18(24)9-7-15/h2-9,16-17H,10-14H2,1H3,(H,28,29)/t16-,17-/m0/s1. The number of hydrogen-bond donors (Lipinski definition) is 1. The van der Waals surface area contributed by atoms with Gasteiger partial charge in [-0.2, -0.15) is 0 Å². The lowest BCUT2D eigenvalue weighted by Gasteiger charge is -2.38. The van der Waals surface area contributed by atoms with Crippen LogP contribution in [0.5, 0.6) is 0 Å². The summed E-state index contributed by atoms with van der Waals surface area (Å²) in [6.45, 7) is 1.07. The highest BCUT2D eigenvalue weighted by molar-refractivity contribution is 6.30. The van der Waals surface area contributed by atoms with Crippen molar-refractivity contribution < 1.29 is 14.7 Å². The Bertz CT molecular complexity index is 1080. The average Bonchev–Trinajstić information content (AvgIpc) is 3.05. The van der Waals surface area contributed by atoms with Crippen LogP contribution in [-0.2, 0) is 18.3 Å². The molecule has 0 aliphatic carbocycles. The van der Waals surface area contributed by atoms with Gasteiger partial charge in [0.1, 0.15) is 5.82 Å². The number of carbonyl (C=O) groups is 2. The summed E-state index contributed by atoms with van der Waals surface area (Å²) in [7, 11) is 1.98. The number of imidazole rings is 1.